The van der Waals surface area contributed by atoms with E-state index in [-0.39, 0.29) is 16.8 Å². The molecule has 0 heterocycles. The normalized spacial score (nSPS) is 9.97. The van der Waals surface area contributed by atoms with E-state index in [0.29, 0.717) is 6.07 Å². The fraction of sp³-hybridized carbons (Fsp3) is 0.0667. The van der Waals surface area contributed by atoms with Crippen LogP contribution in [0.5, 0.6) is 0 Å². The number of carbonyl (C=O) groups is 2. The Labute approximate surface area is 160 Å². The summed E-state index contributed by atoms with van der Waals surface area (Å²) in [5.41, 5.74) is 1.68. The van der Waals surface area contributed by atoms with E-state index in [4.69, 9.17) is 0 Å². The molecule has 14 heteroatoms. The van der Waals surface area contributed by atoms with E-state index in [1.807, 2.05) is 0 Å². The second-order valence-corrected chi connectivity index (χ2v) is 5.31. The number of esters is 1. The van der Waals surface area contributed by atoms with E-state index in [9.17, 15) is 39.9 Å². The largest absolute Gasteiger partial charge is 0.465 e. The first-order chi connectivity index (χ1) is 13.6. The molecule has 0 spiro atoms. The van der Waals surface area contributed by atoms with Crippen LogP contribution in [0, 0.1) is 30.3 Å². The highest BCUT2D eigenvalue weighted by atomic mass is 16.6. The Balaban J connectivity index is 2.30. The number of benzene rings is 2. The number of nitro groups is 3. The molecular formula is C15H11N5O9. The van der Waals surface area contributed by atoms with Crippen molar-refractivity contribution < 1.29 is 29.1 Å². The Morgan fingerprint density at radius 3 is 2.03 bits per heavy atom. The van der Waals surface area contributed by atoms with Crippen molar-refractivity contribution in [3.63, 3.8) is 0 Å². The lowest BCUT2D eigenvalue weighted by molar-refractivity contribution is -0.393. The van der Waals surface area contributed by atoms with Crippen molar-refractivity contribution in [3.05, 3.63) is 77.9 Å². The Morgan fingerprint density at radius 2 is 1.48 bits per heavy atom. The minimum Gasteiger partial charge on any atom is -0.465 e. The van der Waals surface area contributed by atoms with Crippen molar-refractivity contribution >= 4 is 34.6 Å². The summed E-state index contributed by atoms with van der Waals surface area (Å²) in [6, 6.07) is 5.50. The summed E-state index contributed by atoms with van der Waals surface area (Å²) in [5.74, 6) is -1.88. The van der Waals surface area contributed by atoms with Gasteiger partial charge in [0.25, 0.3) is 17.3 Å². The van der Waals surface area contributed by atoms with Crippen LogP contribution in [0.15, 0.2) is 36.4 Å². The number of amides is 1. The number of nitrogens with one attached hydrogen (secondary N) is 2. The second-order valence-electron chi connectivity index (χ2n) is 5.31. The maximum Gasteiger partial charge on any atom is 0.338 e. The van der Waals surface area contributed by atoms with Gasteiger partial charge in [0.2, 0.25) is 0 Å². The summed E-state index contributed by atoms with van der Waals surface area (Å²) in [5, 5.41) is 32.8. The summed E-state index contributed by atoms with van der Waals surface area (Å²) in [4.78, 5) is 54.2. The van der Waals surface area contributed by atoms with Crippen LogP contribution in [-0.2, 0) is 4.74 Å². The number of hydrazine groups is 1. The number of nitrogens with zero attached hydrogens (tertiary/aromatic N) is 3. The van der Waals surface area contributed by atoms with E-state index in [1.165, 1.54) is 0 Å². The predicted molar refractivity (Wildman–Crippen MR) is 95.3 cm³/mol. The molecule has 0 saturated heterocycles. The van der Waals surface area contributed by atoms with Crippen LogP contribution in [0.4, 0.5) is 22.7 Å². The van der Waals surface area contributed by atoms with Crippen molar-refractivity contribution in [2.24, 2.45) is 0 Å². The van der Waals surface area contributed by atoms with E-state index in [2.05, 4.69) is 15.6 Å². The first-order valence-electron chi connectivity index (χ1n) is 7.51. The molecule has 1 amide bonds. The van der Waals surface area contributed by atoms with Crippen molar-refractivity contribution in [3.8, 4) is 0 Å². The Hall–Kier alpha value is -4.62. The first-order valence-corrected chi connectivity index (χ1v) is 7.51. The highest BCUT2D eigenvalue weighted by Crippen LogP contribution is 2.28. The molecule has 2 aromatic carbocycles. The van der Waals surface area contributed by atoms with Crippen LogP contribution in [0.25, 0.3) is 0 Å². The van der Waals surface area contributed by atoms with E-state index >= 15 is 0 Å². The lowest BCUT2D eigenvalue weighted by Gasteiger charge is -2.09. The Bertz CT molecular complexity index is 1040. The molecule has 0 aliphatic heterocycles. The van der Waals surface area contributed by atoms with Crippen LogP contribution >= 0.6 is 0 Å². The molecule has 14 nitrogen and oxygen atoms in total. The van der Waals surface area contributed by atoms with E-state index in [1.54, 1.807) is 0 Å². The minimum absolute atomic E-state index is 0.256. The molecular weight excluding hydrogens is 394 g/mol. The molecule has 2 rings (SSSR count). The Kier molecular flexibility index (Phi) is 5.98. The average Bonchev–Trinajstić information content (AvgIpc) is 2.70. The first kappa shape index (κ1) is 20.7. The summed E-state index contributed by atoms with van der Waals surface area (Å²) in [6.45, 7) is 0. The van der Waals surface area contributed by atoms with Crippen molar-refractivity contribution in [1.82, 2.24) is 5.43 Å². The van der Waals surface area contributed by atoms with Gasteiger partial charge in [0.1, 0.15) is 5.69 Å². The van der Waals surface area contributed by atoms with Gasteiger partial charge in [-0.05, 0) is 12.1 Å². The third-order valence-electron chi connectivity index (χ3n) is 3.51. The third-order valence-corrected chi connectivity index (χ3v) is 3.51. The number of anilines is 1. The molecule has 0 aromatic heterocycles. The molecule has 0 aliphatic carbocycles. The molecule has 29 heavy (non-hydrogen) atoms. The average molecular weight is 405 g/mol. The molecule has 150 valence electrons. The summed E-state index contributed by atoms with van der Waals surface area (Å²) in [6.07, 6.45) is 0. The van der Waals surface area contributed by atoms with Crippen LogP contribution < -0.4 is 10.9 Å². The van der Waals surface area contributed by atoms with Crippen molar-refractivity contribution in [2.75, 3.05) is 12.5 Å². The smallest absolute Gasteiger partial charge is 0.338 e. The van der Waals surface area contributed by atoms with Gasteiger partial charge in [-0.25, -0.2) is 4.79 Å². The van der Waals surface area contributed by atoms with Gasteiger partial charge < -0.3 is 4.74 Å². The number of non-ortho nitro benzene ring substituents is 2. The molecule has 0 fully saturated rings. The highest BCUT2D eigenvalue weighted by molar-refractivity contribution is 5.99. The molecule has 0 saturated carbocycles. The van der Waals surface area contributed by atoms with Gasteiger partial charge in [-0.2, -0.15) is 0 Å². The molecule has 0 atom stereocenters. The predicted octanol–water partition coefficient (Wildman–Crippen LogP) is 1.95. The third kappa shape index (κ3) is 4.76. The SMILES string of the molecule is COC(=O)c1cc(C(=O)NNc2ccc([N+](=O)[O-])cc2[N+](=O)[O-])cc([N+](=O)[O-])c1. The maximum absolute atomic E-state index is 12.3. The number of hydrogen-bond acceptors (Lipinski definition) is 10. The lowest BCUT2D eigenvalue weighted by atomic mass is 10.1. The zero-order valence-electron chi connectivity index (χ0n) is 14.5. The van der Waals surface area contributed by atoms with E-state index in [0.717, 1.165) is 37.4 Å². The van der Waals surface area contributed by atoms with Gasteiger partial charge >= 0.3 is 11.7 Å². The fourth-order valence-corrected chi connectivity index (χ4v) is 2.17. The lowest BCUT2D eigenvalue weighted by Crippen LogP contribution is -2.30. The van der Waals surface area contributed by atoms with Gasteiger partial charge in [0.15, 0.2) is 0 Å². The quantitative estimate of drug-likeness (QED) is 0.390. The second kappa shape index (κ2) is 8.38. The number of nitro benzene ring substituents is 3. The summed E-state index contributed by atoms with van der Waals surface area (Å²) < 4.78 is 4.47. The zero-order chi connectivity index (χ0) is 21.7. The van der Waals surface area contributed by atoms with Crippen molar-refractivity contribution in [2.45, 2.75) is 0 Å². The van der Waals surface area contributed by atoms with Crippen LogP contribution in [0.1, 0.15) is 20.7 Å². The van der Waals surface area contributed by atoms with E-state index < -0.39 is 43.7 Å². The molecule has 0 unspecified atom stereocenters. The standard InChI is InChI=1S/C15H11N5O9/c1-29-15(22)9-4-8(5-11(6-9)19(25)26)14(21)17-16-12-3-2-10(18(23)24)7-13(12)20(27)28/h2-7,16H,1H3,(H,17,21). The van der Waals surface area contributed by atoms with Gasteiger partial charge in [0, 0.05) is 23.8 Å². The minimum atomic E-state index is -0.966. The van der Waals surface area contributed by atoms with Crippen LogP contribution in [0.2, 0.25) is 0 Å². The number of carbonyl (C=O) groups excluding carboxylic acids is 2. The van der Waals surface area contributed by atoms with Gasteiger partial charge in [-0.15, -0.1) is 0 Å². The number of rotatable bonds is 7. The summed E-state index contributed by atoms with van der Waals surface area (Å²) in [7, 11) is 1.05. The van der Waals surface area contributed by atoms with Crippen LogP contribution in [-0.4, -0.2) is 33.8 Å². The topological polar surface area (TPSA) is 197 Å². The van der Waals surface area contributed by atoms with Gasteiger partial charge in [0.05, 0.1) is 33.5 Å². The van der Waals surface area contributed by atoms with Crippen LogP contribution in [0.3, 0.4) is 0 Å². The molecule has 2 aromatic rings. The van der Waals surface area contributed by atoms with Gasteiger partial charge in [-0.1, -0.05) is 0 Å². The summed E-state index contributed by atoms with van der Waals surface area (Å²) >= 11 is 0. The highest BCUT2D eigenvalue weighted by Gasteiger charge is 2.21. The number of ether oxygens (including phenoxy) is 1. The van der Waals surface area contributed by atoms with Gasteiger partial charge in [-0.3, -0.25) is 46.0 Å². The number of methoxy groups -OCH3 is 1. The zero-order valence-corrected chi connectivity index (χ0v) is 14.5. The monoisotopic (exact) mass is 405 g/mol. The molecule has 0 aliphatic rings. The molecule has 0 radical (unpaired) electrons. The fourth-order valence-electron chi connectivity index (χ4n) is 2.17. The maximum atomic E-state index is 12.3. The van der Waals surface area contributed by atoms with Crippen molar-refractivity contribution in [1.29, 1.82) is 0 Å². The molecule has 0 bridgehead atoms. The Morgan fingerprint density at radius 1 is 0.862 bits per heavy atom. The molecule has 2 N–H and O–H groups in total. The number of hydrogen-bond donors (Lipinski definition) is 2.